The van der Waals surface area contributed by atoms with Gasteiger partial charge in [0.2, 0.25) is 0 Å². The van der Waals surface area contributed by atoms with E-state index in [0.717, 1.165) is 26.4 Å². The molecule has 0 radical (unpaired) electrons. The quantitative estimate of drug-likeness (QED) is 0.461. The summed E-state index contributed by atoms with van der Waals surface area (Å²) in [7, 11) is 0. The van der Waals surface area contributed by atoms with E-state index < -0.39 is 0 Å². The van der Waals surface area contributed by atoms with Crippen LogP contribution in [0.5, 0.6) is 0 Å². The van der Waals surface area contributed by atoms with Crippen LogP contribution in [0.4, 0.5) is 0 Å². The van der Waals surface area contributed by atoms with E-state index in [0.29, 0.717) is 0 Å². The molecule has 0 aliphatic carbocycles. The van der Waals surface area contributed by atoms with E-state index in [-0.39, 0.29) is 18.8 Å². The third-order valence-electron chi connectivity index (χ3n) is 2.39. The zero-order chi connectivity index (χ0) is 11.1. The first-order chi connectivity index (χ1) is 7.72. The van der Waals surface area contributed by atoms with Crippen LogP contribution in [0.25, 0.3) is 20.8 Å². The van der Waals surface area contributed by atoms with Gasteiger partial charge in [-0.1, -0.05) is 0 Å². The van der Waals surface area contributed by atoms with Gasteiger partial charge in [-0.25, -0.2) is 0 Å². The van der Waals surface area contributed by atoms with Crippen LogP contribution >= 0.6 is 0 Å². The van der Waals surface area contributed by atoms with Crippen LogP contribution in [-0.4, -0.2) is 24.5 Å². The van der Waals surface area contributed by atoms with Crippen molar-refractivity contribution in [1.82, 2.24) is 9.97 Å². The maximum absolute atomic E-state index is 11.3. The van der Waals surface area contributed by atoms with Crippen molar-refractivity contribution in [2.24, 2.45) is 0 Å². The average Bonchev–Trinajstić information content (AvgIpc) is 2.26. The van der Waals surface area contributed by atoms with Crippen LogP contribution in [0.15, 0.2) is 35.3 Å². The fourth-order valence-electron chi connectivity index (χ4n) is 1.66. The molecule has 3 aromatic rings. The van der Waals surface area contributed by atoms with Crippen molar-refractivity contribution in [3.8, 4) is 0 Å². The van der Waals surface area contributed by atoms with Gasteiger partial charge >= 0.3 is 97.3 Å². The fourth-order valence-corrected chi connectivity index (χ4v) is 3.14. The third-order valence-corrected chi connectivity index (χ3v) is 4.19. The first-order valence-electron chi connectivity index (χ1n) is 4.90. The molecule has 0 N–H and O–H groups in total. The fraction of sp³-hybridized carbons (Fsp3) is 0.0833. The van der Waals surface area contributed by atoms with Crippen LogP contribution in [0.1, 0.15) is 5.56 Å². The summed E-state index contributed by atoms with van der Waals surface area (Å²) in [5, 5.41) is 2.09. The third kappa shape index (κ3) is 1.56. The van der Waals surface area contributed by atoms with Crippen LogP contribution < -0.4 is 4.30 Å². The van der Waals surface area contributed by atoms with Crippen molar-refractivity contribution in [2.45, 2.75) is 6.92 Å². The first-order valence-corrected chi connectivity index (χ1v) is 6.61. The predicted octanol–water partition coefficient (Wildman–Crippen LogP) is 1.51. The number of fused-ring (bicyclic) bond motifs is 2. The first kappa shape index (κ1) is 9.70. The molecular formula is C12H8N2OSe. The Kier molecular flexibility index (Phi) is 2.13. The van der Waals surface area contributed by atoms with E-state index in [1.54, 1.807) is 12.3 Å². The predicted molar refractivity (Wildman–Crippen MR) is 65.0 cm³/mol. The number of aromatic nitrogens is 2. The second-order valence-corrected chi connectivity index (χ2v) is 5.78. The summed E-state index contributed by atoms with van der Waals surface area (Å²) in [5.41, 5.74) is 1.85. The van der Waals surface area contributed by atoms with Gasteiger partial charge in [-0.3, -0.25) is 0 Å². The normalized spacial score (nSPS) is 11.1. The van der Waals surface area contributed by atoms with Crippen LogP contribution in [0.2, 0.25) is 0 Å². The number of rotatable bonds is 0. The monoisotopic (exact) mass is 276 g/mol. The molecule has 3 heterocycles. The van der Waals surface area contributed by atoms with E-state index in [2.05, 4.69) is 22.1 Å². The standard InChI is InChI=1S/C12H8N2OSe/c1-7-4-9-5-8-2-3-10(15)16-12(8)14-11(9)13-6-7/h2-6H,1H3. The van der Waals surface area contributed by atoms with Crippen molar-refractivity contribution < 1.29 is 0 Å². The molecule has 0 amide bonds. The van der Waals surface area contributed by atoms with Gasteiger partial charge in [-0.05, 0) is 0 Å². The summed E-state index contributed by atoms with van der Waals surface area (Å²) < 4.78 is 1.06. The summed E-state index contributed by atoms with van der Waals surface area (Å²) in [4.78, 5) is 20.0. The topological polar surface area (TPSA) is 42.9 Å². The van der Waals surface area contributed by atoms with Crippen molar-refractivity contribution >= 4 is 35.3 Å². The van der Waals surface area contributed by atoms with Crippen molar-refractivity contribution in [2.75, 3.05) is 0 Å². The Morgan fingerprint density at radius 1 is 1.19 bits per heavy atom. The summed E-state index contributed by atoms with van der Waals surface area (Å²) in [6.07, 6.45) is 1.80. The molecule has 0 saturated carbocycles. The van der Waals surface area contributed by atoms with Gasteiger partial charge in [0, 0.05) is 0 Å². The molecule has 3 rings (SSSR count). The number of nitrogens with zero attached hydrogens (tertiary/aromatic N) is 2. The molecule has 0 bridgehead atoms. The number of aryl methyl sites for hydroxylation is 1. The Morgan fingerprint density at radius 2 is 2.06 bits per heavy atom. The molecule has 4 heteroatoms. The molecule has 0 spiro atoms. The number of hydrogen-bond acceptors (Lipinski definition) is 3. The Balaban J connectivity index is 2.48. The van der Waals surface area contributed by atoms with Gasteiger partial charge in [-0.15, -0.1) is 0 Å². The molecule has 0 saturated heterocycles. The van der Waals surface area contributed by atoms with Crippen molar-refractivity contribution in [3.05, 3.63) is 45.1 Å². The zero-order valence-corrected chi connectivity index (χ0v) is 10.3. The Labute approximate surface area is 97.5 Å². The molecule has 0 aliphatic heterocycles. The molecule has 0 aromatic carbocycles. The van der Waals surface area contributed by atoms with Gasteiger partial charge in [-0.2, -0.15) is 0 Å². The molecule has 0 atom stereocenters. The number of pyridine rings is 2. The molecule has 16 heavy (non-hydrogen) atoms. The Morgan fingerprint density at radius 3 is 2.94 bits per heavy atom. The zero-order valence-electron chi connectivity index (χ0n) is 8.60. The summed E-state index contributed by atoms with van der Waals surface area (Å²) in [5.74, 6) is 0. The molecule has 78 valence electrons. The average molecular weight is 275 g/mol. The summed E-state index contributed by atoms with van der Waals surface area (Å²) >= 11 is -0.190. The van der Waals surface area contributed by atoms with E-state index >= 15 is 0 Å². The number of hydrogen-bond donors (Lipinski definition) is 0. The molecule has 3 aromatic heterocycles. The SMILES string of the molecule is Cc1cnc2nc3[se]c(=O)ccc3cc2c1. The Bertz CT molecular complexity index is 749. The van der Waals surface area contributed by atoms with E-state index in [4.69, 9.17) is 0 Å². The van der Waals surface area contributed by atoms with Crippen LogP contribution in [0, 0.1) is 6.92 Å². The van der Waals surface area contributed by atoms with Gasteiger partial charge in [0.05, 0.1) is 0 Å². The summed E-state index contributed by atoms with van der Waals surface area (Å²) in [6.45, 7) is 2.01. The van der Waals surface area contributed by atoms with Crippen LogP contribution in [0.3, 0.4) is 0 Å². The molecule has 0 fully saturated rings. The molecular weight excluding hydrogens is 267 g/mol. The van der Waals surface area contributed by atoms with E-state index in [1.165, 1.54) is 0 Å². The van der Waals surface area contributed by atoms with E-state index in [9.17, 15) is 4.79 Å². The van der Waals surface area contributed by atoms with Crippen molar-refractivity contribution in [3.63, 3.8) is 0 Å². The van der Waals surface area contributed by atoms with Gasteiger partial charge in [0.25, 0.3) is 0 Å². The maximum atomic E-state index is 11.3. The van der Waals surface area contributed by atoms with Gasteiger partial charge < -0.3 is 0 Å². The van der Waals surface area contributed by atoms with Crippen molar-refractivity contribution in [1.29, 1.82) is 0 Å². The van der Waals surface area contributed by atoms with E-state index in [1.807, 2.05) is 13.0 Å². The minimum atomic E-state index is -0.190. The second-order valence-electron chi connectivity index (χ2n) is 3.70. The molecule has 0 unspecified atom stereocenters. The van der Waals surface area contributed by atoms with Gasteiger partial charge in [0.1, 0.15) is 0 Å². The van der Waals surface area contributed by atoms with Gasteiger partial charge in [0.15, 0.2) is 0 Å². The second kappa shape index (κ2) is 3.51. The summed E-state index contributed by atoms with van der Waals surface area (Å²) in [6, 6.07) is 7.60. The van der Waals surface area contributed by atoms with Crippen LogP contribution in [-0.2, 0) is 0 Å². The molecule has 3 nitrogen and oxygen atoms in total. The molecule has 0 aliphatic rings. The Hall–Kier alpha value is -1.51. The minimum absolute atomic E-state index is 0.166.